The van der Waals surface area contributed by atoms with Gasteiger partial charge in [0.15, 0.2) is 0 Å². The zero-order chi connectivity index (χ0) is 32.1. The number of anilines is 2. The summed E-state index contributed by atoms with van der Waals surface area (Å²) in [5, 5.41) is 0. The van der Waals surface area contributed by atoms with Crippen molar-refractivity contribution in [1.29, 1.82) is 0 Å². The molecule has 0 N–H and O–H groups in total. The standard InChI is InChI=1S/C33H33F3N2O5S/c1-5-38(44(40,41)31-15-13-28(14-16-31)37(4)29-10-6-8-23(2)18-29)21-26-20-27(33(34,35)36)12-17-32(26)43-30-11-7-9-25(19-30)22-42-24(3)39/h6-20H,5,21-22H2,1-4H3. The highest BCUT2D eigenvalue weighted by molar-refractivity contribution is 7.89. The van der Waals surface area contributed by atoms with Gasteiger partial charge in [-0.25, -0.2) is 8.42 Å². The van der Waals surface area contributed by atoms with Crippen molar-refractivity contribution in [3.8, 4) is 11.5 Å². The monoisotopic (exact) mass is 626 g/mol. The van der Waals surface area contributed by atoms with Crippen LogP contribution in [0.4, 0.5) is 24.5 Å². The predicted molar refractivity (Wildman–Crippen MR) is 162 cm³/mol. The Morgan fingerprint density at radius 1 is 0.886 bits per heavy atom. The Bertz CT molecular complexity index is 1720. The Balaban J connectivity index is 1.62. The number of benzene rings is 4. The summed E-state index contributed by atoms with van der Waals surface area (Å²) in [5.41, 5.74) is 2.50. The molecule has 0 aliphatic carbocycles. The normalized spacial score (nSPS) is 11.8. The lowest BCUT2D eigenvalue weighted by Crippen LogP contribution is -2.30. The molecule has 11 heteroatoms. The van der Waals surface area contributed by atoms with Gasteiger partial charge < -0.3 is 14.4 Å². The zero-order valence-corrected chi connectivity index (χ0v) is 25.6. The lowest BCUT2D eigenvalue weighted by molar-refractivity contribution is -0.142. The number of hydrogen-bond donors (Lipinski definition) is 0. The minimum absolute atomic E-state index is 0.000829. The van der Waals surface area contributed by atoms with E-state index in [4.69, 9.17) is 9.47 Å². The predicted octanol–water partition coefficient (Wildman–Crippen LogP) is 7.85. The molecule has 0 fully saturated rings. The molecule has 0 saturated carbocycles. The first-order valence-corrected chi connectivity index (χ1v) is 15.2. The summed E-state index contributed by atoms with van der Waals surface area (Å²) in [5.74, 6) is -0.114. The fourth-order valence-corrected chi connectivity index (χ4v) is 5.95. The maximum atomic E-state index is 13.7. The summed E-state index contributed by atoms with van der Waals surface area (Å²) in [6.45, 7) is 4.51. The lowest BCUT2D eigenvalue weighted by atomic mass is 10.1. The van der Waals surface area contributed by atoms with Crippen LogP contribution in [-0.4, -0.2) is 32.3 Å². The van der Waals surface area contributed by atoms with Crippen molar-refractivity contribution < 1.29 is 35.9 Å². The van der Waals surface area contributed by atoms with Crippen LogP contribution in [0, 0.1) is 6.92 Å². The molecule has 0 saturated heterocycles. The lowest BCUT2D eigenvalue weighted by Gasteiger charge is -2.24. The second-order valence-corrected chi connectivity index (χ2v) is 12.1. The molecule has 0 aromatic heterocycles. The fraction of sp³-hybridized carbons (Fsp3) is 0.242. The molecule has 7 nitrogen and oxygen atoms in total. The van der Waals surface area contributed by atoms with E-state index in [0.717, 1.165) is 33.4 Å². The number of sulfonamides is 1. The van der Waals surface area contributed by atoms with Gasteiger partial charge in [-0.15, -0.1) is 0 Å². The van der Waals surface area contributed by atoms with E-state index in [1.54, 1.807) is 43.3 Å². The van der Waals surface area contributed by atoms with Gasteiger partial charge in [-0.2, -0.15) is 17.5 Å². The van der Waals surface area contributed by atoms with Crippen LogP contribution in [-0.2, 0) is 38.9 Å². The maximum Gasteiger partial charge on any atom is 0.416 e. The van der Waals surface area contributed by atoms with Gasteiger partial charge in [0, 0.05) is 44.0 Å². The van der Waals surface area contributed by atoms with Gasteiger partial charge in [0.05, 0.1) is 10.5 Å². The van der Waals surface area contributed by atoms with Crippen LogP contribution >= 0.6 is 0 Å². The van der Waals surface area contributed by atoms with Gasteiger partial charge in [0.25, 0.3) is 0 Å². The SMILES string of the molecule is CCN(Cc1cc(C(F)(F)F)ccc1Oc1cccc(COC(C)=O)c1)S(=O)(=O)c1ccc(N(C)c2cccc(C)c2)cc1. The van der Waals surface area contributed by atoms with E-state index in [1.807, 2.05) is 43.1 Å². The molecule has 0 bridgehead atoms. The third kappa shape index (κ3) is 7.97. The molecule has 0 atom stereocenters. The Hall–Kier alpha value is -4.35. The molecule has 4 rings (SSSR count). The van der Waals surface area contributed by atoms with Crippen LogP contribution in [0.3, 0.4) is 0 Å². The second-order valence-electron chi connectivity index (χ2n) is 10.2. The molecule has 0 aliphatic heterocycles. The fourth-order valence-electron chi connectivity index (χ4n) is 4.52. The molecule has 0 aliphatic rings. The summed E-state index contributed by atoms with van der Waals surface area (Å²) >= 11 is 0. The highest BCUT2D eigenvalue weighted by atomic mass is 32.2. The van der Waals surface area contributed by atoms with Crippen LogP contribution in [0.5, 0.6) is 11.5 Å². The highest BCUT2D eigenvalue weighted by Crippen LogP contribution is 2.36. The van der Waals surface area contributed by atoms with Gasteiger partial charge in [0.2, 0.25) is 10.0 Å². The number of hydrogen-bond acceptors (Lipinski definition) is 6. The van der Waals surface area contributed by atoms with Gasteiger partial charge >= 0.3 is 12.1 Å². The van der Waals surface area contributed by atoms with Gasteiger partial charge in [-0.1, -0.05) is 31.2 Å². The number of carbonyl (C=O) groups is 1. The van der Waals surface area contributed by atoms with E-state index in [0.29, 0.717) is 5.56 Å². The van der Waals surface area contributed by atoms with Gasteiger partial charge in [-0.3, -0.25) is 4.79 Å². The number of ether oxygens (including phenoxy) is 2. The van der Waals surface area contributed by atoms with E-state index in [9.17, 15) is 26.4 Å². The maximum absolute atomic E-state index is 13.7. The van der Waals surface area contributed by atoms with E-state index in [1.165, 1.54) is 25.1 Å². The Morgan fingerprint density at radius 3 is 2.23 bits per heavy atom. The molecule has 232 valence electrons. The second kappa shape index (κ2) is 13.5. The van der Waals surface area contributed by atoms with Gasteiger partial charge in [-0.05, 0) is 84.8 Å². The van der Waals surface area contributed by atoms with Crippen LogP contribution < -0.4 is 9.64 Å². The number of carbonyl (C=O) groups excluding carboxylic acids is 1. The average Bonchev–Trinajstić information content (AvgIpc) is 2.98. The van der Waals surface area contributed by atoms with E-state index in [-0.39, 0.29) is 41.7 Å². The molecule has 0 radical (unpaired) electrons. The van der Waals surface area contributed by atoms with E-state index in [2.05, 4.69) is 0 Å². The van der Waals surface area contributed by atoms with Crippen molar-refractivity contribution in [2.24, 2.45) is 0 Å². The van der Waals surface area contributed by atoms with Crippen LogP contribution in [0.25, 0.3) is 0 Å². The quantitative estimate of drug-likeness (QED) is 0.158. The first-order valence-electron chi connectivity index (χ1n) is 13.8. The number of aryl methyl sites for hydroxylation is 1. The van der Waals surface area contributed by atoms with Crippen molar-refractivity contribution in [3.05, 3.63) is 113 Å². The van der Waals surface area contributed by atoms with Gasteiger partial charge in [0.1, 0.15) is 18.1 Å². The molecule has 44 heavy (non-hydrogen) atoms. The summed E-state index contributed by atoms with van der Waals surface area (Å²) in [6, 6.07) is 23.7. The van der Waals surface area contributed by atoms with Crippen molar-refractivity contribution in [3.63, 3.8) is 0 Å². The molecule has 4 aromatic carbocycles. The summed E-state index contributed by atoms with van der Waals surface area (Å²) in [6.07, 6.45) is -4.65. The van der Waals surface area contributed by atoms with Crippen molar-refractivity contribution in [2.75, 3.05) is 18.5 Å². The number of alkyl halides is 3. The smallest absolute Gasteiger partial charge is 0.416 e. The Kier molecular flexibility index (Phi) is 10.0. The Labute approximate surface area is 255 Å². The first-order chi connectivity index (χ1) is 20.8. The third-order valence-electron chi connectivity index (χ3n) is 6.91. The topological polar surface area (TPSA) is 76.1 Å². The Morgan fingerprint density at radius 2 is 1.59 bits per heavy atom. The van der Waals surface area contributed by atoms with E-state index < -0.39 is 27.7 Å². The molecular formula is C33H33F3N2O5S. The minimum Gasteiger partial charge on any atom is -0.461 e. The highest BCUT2D eigenvalue weighted by Gasteiger charge is 2.32. The molecule has 0 heterocycles. The van der Waals surface area contributed by atoms with E-state index >= 15 is 0 Å². The van der Waals surface area contributed by atoms with Crippen LogP contribution in [0.15, 0.2) is 95.9 Å². The molecule has 0 amide bonds. The summed E-state index contributed by atoms with van der Waals surface area (Å²) in [4.78, 5) is 13.1. The third-order valence-corrected chi connectivity index (χ3v) is 8.84. The number of esters is 1. The van der Waals surface area contributed by atoms with Crippen molar-refractivity contribution in [1.82, 2.24) is 4.31 Å². The molecule has 0 unspecified atom stereocenters. The largest absolute Gasteiger partial charge is 0.461 e. The summed E-state index contributed by atoms with van der Waals surface area (Å²) < 4.78 is 80.5. The first kappa shape index (κ1) is 32.6. The van der Waals surface area contributed by atoms with Crippen molar-refractivity contribution >= 4 is 27.4 Å². The molecular weight excluding hydrogens is 593 g/mol. The molecule has 4 aromatic rings. The summed E-state index contributed by atoms with van der Waals surface area (Å²) in [7, 11) is -2.22. The number of nitrogens with zero attached hydrogens (tertiary/aromatic N) is 2. The van der Waals surface area contributed by atoms with Crippen LogP contribution in [0.2, 0.25) is 0 Å². The average molecular weight is 627 g/mol. The minimum atomic E-state index is -4.65. The number of halogens is 3. The zero-order valence-electron chi connectivity index (χ0n) is 24.8. The number of rotatable bonds is 11. The van der Waals surface area contributed by atoms with Crippen LogP contribution in [0.1, 0.15) is 36.1 Å². The molecule has 0 spiro atoms. The van der Waals surface area contributed by atoms with Crippen molar-refractivity contribution in [2.45, 2.75) is 45.0 Å².